The zero-order valence-corrected chi connectivity index (χ0v) is 16.4. The molecule has 3 N–H and O–H groups in total. The highest BCUT2D eigenvalue weighted by Gasteiger charge is 2.44. The average molecular weight is 420 g/mol. The highest BCUT2D eigenvalue weighted by molar-refractivity contribution is 5.89. The second kappa shape index (κ2) is 8.29. The van der Waals surface area contributed by atoms with Gasteiger partial charge < -0.3 is 16.0 Å². The Labute approximate surface area is 168 Å². The summed E-state index contributed by atoms with van der Waals surface area (Å²) in [5.41, 5.74) is 5.00. The van der Waals surface area contributed by atoms with E-state index in [1.54, 1.807) is 6.07 Å². The zero-order chi connectivity index (χ0) is 19.8. The summed E-state index contributed by atoms with van der Waals surface area (Å²) in [6.07, 6.45) is -2.31. The molecule has 156 valence electrons. The number of carbonyl (C=O) groups is 2. The molecule has 0 radical (unpaired) electrons. The van der Waals surface area contributed by atoms with E-state index in [1.807, 2.05) is 6.92 Å². The van der Waals surface area contributed by atoms with E-state index in [4.69, 9.17) is 5.73 Å². The molecule has 5 nitrogen and oxygen atoms in total. The molecule has 2 atom stereocenters. The van der Waals surface area contributed by atoms with Crippen molar-refractivity contribution in [2.24, 2.45) is 17.6 Å². The van der Waals surface area contributed by atoms with Crippen LogP contribution in [0.15, 0.2) is 24.3 Å². The Bertz CT molecular complexity index is 739. The fourth-order valence-electron chi connectivity index (χ4n) is 3.59. The topological polar surface area (TPSA) is 75.4 Å². The molecule has 2 amide bonds. The van der Waals surface area contributed by atoms with Crippen LogP contribution in [-0.4, -0.2) is 35.3 Å². The first-order valence-electron chi connectivity index (χ1n) is 9.08. The number of amides is 2. The van der Waals surface area contributed by atoms with Gasteiger partial charge in [-0.25, -0.2) is 0 Å². The van der Waals surface area contributed by atoms with Crippen molar-refractivity contribution in [3.63, 3.8) is 0 Å². The van der Waals surface area contributed by atoms with Crippen LogP contribution in [0, 0.1) is 11.8 Å². The third-order valence-corrected chi connectivity index (χ3v) is 5.52. The van der Waals surface area contributed by atoms with Gasteiger partial charge in [0.15, 0.2) is 0 Å². The highest BCUT2D eigenvalue weighted by Crippen LogP contribution is 2.39. The largest absolute Gasteiger partial charge is 0.416 e. The number of rotatable bonds is 6. The van der Waals surface area contributed by atoms with Gasteiger partial charge in [-0.15, -0.1) is 12.4 Å². The summed E-state index contributed by atoms with van der Waals surface area (Å²) in [6.45, 7) is 2.51. The molecule has 1 heterocycles. The molecule has 0 bridgehead atoms. The van der Waals surface area contributed by atoms with Gasteiger partial charge in [-0.05, 0) is 43.4 Å². The van der Waals surface area contributed by atoms with Gasteiger partial charge in [-0.3, -0.25) is 9.59 Å². The van der Waals surface area contributed by atoms with E-state index >= 15 is 0 Å². The van der Waals surface area contributed by atoms with Gasteiger partial charge in [-0.1, -0.05) is 12.1 Å². The lowest BCUT2D eigenvalue weighted by Gasteiger charge is -2.30. The summed E-state index contributed by atoms with van der Waals surface area (Å²) >= 11 is 0. The minimum Gasteiger partial charge on any atom is -0.349 e. The molecule has 1 saturated carbocycles. The lowest BCUT2D eigenvalue weighted by Crippen LogP contribution is -2.54. The number of carbonyl (C=O) groups excluding carboxylic acids is 2. The summed E-state index contributed by atoms with van der Waals surface area (Å²) in [6, 6.07) is 4.91. The summed E-state index contributed by atoms with van der Waals surface area (Å²) in [5, 5.41) is 2.99. The Morgan fingerprint density at radius 3 is 2.57 bits per heavy atom. The number of likely N-dealkylation sites (tertiary alicyclic amines) is 1. The number of halogens is 4. The molecule has 2 fully saturated rings. The number of nitrogens with two attached hydrogens (primary N) is 1. The number of hydrogen-bond donors (Lipinski definition) is 2. The van der Waals surface area contributed by atoms with E-state index in [1.165, 1.54) is 11.0 Å². The summed E-state index contributed by atoms with van der Waals surface area (Å²) in [7, 11) is 0. The summed E-state index contributed by atoms with van der Waals surface area (Å²) in [5.74, 6) is -0.583. The van der Waals surface area contributed by atoms with Gasteiger partial charge in [-0.2, -0.15) is 13.2 Å². The Balaban J connectivity index is 0.00000280. The highest BCUT2D eigenvalue weighted by atomic mass is 35.5. The lowest BCUT2D eigenvalue weighted by atomic mass is 9.94. The molecule has 1 aliphatic carbocycles. The minimum atomic E-state index is -4.43. The molecule has 1 aliphatic heterocycles. The van der Waals surface area contributed by atoms with Gasteiger partial charge >= 0.3 is 6.18 Å². The quantitative estimate of drug-likeness (QED) is 0.744. The van der Waals surface area contributed by atoms with Crippen molar-refractivity contribution >= 4 is 24.2 Å². The zero-order valence-electron chi connectivity index (χ0n) is 15.6. The van der Waals surface area contributed by atoms with Crippen molar-refractivity contribution in [3.05, 3.63) is 35.4 Å². The first-order valence-corrected chi connectivity index (χ1v) is 9.08. The molecule has 0 aromatic heterocycles. The lowest BCUT2D eigenvalue weighted by molar-refractivity contribution is -0.137. The molecular weight excluding hydrogens is 395 g/mol. The van der Waals surface area contributed by atoms with Crippen molar-refractivity contribution in [2.45, 2.75) is 44.4 Å². The number of nitrogens with zero attached hydrogens (tertiary/aromatic N) is 1. The molecule has 2 aliphatic rings. The molecule has 2 unspecified atom stereocenters. The predicted octanol–water partition coefficient (Wildman–Crippen LogP) is 2.72. The standard InChI is InChI=1S/C19H24F3N3O2.ClH/c1-18(11-23,14-5-6-14)24-17(27)13-8-16(26)25(10-13)9-12-3-2-4-15(7-12)19(20,21)22;/h2-4,7,13-14H,5-6,8-11,23H2,1H3,(H,24,27);1H. The predicted molar refractivity (Wildman–Crippen MR) is 101 cm³/mol. The number of nitrogens with one attached hydrogen (secondary N) is 1. The van der Waals surface area contributed by atoms with E-state index in [0.29, 0.717) is 18.0 Å². The monoisotopic (exact) mass is 419 g/mol. The van der Waals surface area contributed by atoms with Crippen LogP contribution in [0.5, 0.6) is 0 Å². The maximum absolute atomic E-state index is 12.8. The number of hydrogen-bond acceptors (Lipinski definition) is 3. The van der Waals surface area contributed by atoms with E-state index < -0.39 is 23.2 Å². The molecular formula is C19H25ClF3N3O2. The van der Waals surface area contributed by atoms with E-state index in [2.05, 4.69) is 5.32 Å². The second-order valence-corrected chi connectivity index (χ2v) is 7.76. The van der Waals surface area contributed by atoms with Crippen molar-refractivity contribution < 1.29 is 22.8 Å². The van der Waals surface area contributed by atoms with Crippen molar-refractivity contribution in [2.75, 3.05) is 13.1 Å². The molecule has 3 rings (SSSR count). The second-order valence-electron chi connectivity index (χ2n) is 7.76. The first-order chi connectivity index (χ1) is 12.6. The Kier molecular flexibility index (Phi) is 6.66. The van der Waals surface area contributed by atoms with Gasteiger partial charge in [0, 0.05) is 26.1 Å². The van der Waals surface area contributed by atoms with Gasteiger partial charge in [0.2, 0.25) is 11.8 Å². The first kappa shape index (κ1) is 22.5. The van der Waals surface area contributed by atoms with Crippen LogP contribution in [0.4, 0.5) is 13.2 Å². The fourth-order valence-corrected chi connectivity index (χ4v) is 3.59. The minimum absolute atomic E-state index is 0. The molecule has 9 heteroatoms. The third-order valence-electron chi connectivity index (χ3n) is 5.52. The molecule has 1 aromatic carbocycles. The van der Waals surface area contributed by atoms with E-state index in [9.17, 15) is 22.8 Å². The molecule has 0 spiro atoms. The fraction of sp³-hybridized carbons (Fsp3) is 0.579. The average Bonchev–Trinajstić information content (AvgIpc) is 3.40. The molecule has 28 heavy (non-hydrogen) atoms. The Morgan fingerprint density at radius 1 is 1.32 bits per heavy atom. The third kappa shape index (κ3) is 4.97. The van der Waals surface area contributed by atoms with Crippen LogP contribution in [0.3, 0.4) is 0 Å². The summed E-state index contributed by atoms with van der Waals surface area (Å²) in [4.78, 5) is 26.3. The molecule has 1 saturated heterocycles. The van der Waals surface area contributed by atoms with Crippen LogP contribution < -0.4 is 11.1 Å². The van der Waals surface area contributed by atoms with Crippen molar-refractivity contribution in [1.29, 1.82) is 0 Å². The smallest absolute Gasteiger partial charge is 0.349 e. The van der Waals surface area contributed by atoms with Gasteiger partial charge in [0.25, 0.3) is 0 Å². The van der Waals surface area contributed by atoms with Crippen molar-refractivity contribution in [3.8, 4) is 0 Å². The van der Waals surface area contributed by atoms with Crippen LogP contribution in [0.25, 0.3) is 0 Å². The van der Waals surface area contributed by atoms with Crippen LogP contribution in [0.2, 0.25) is 0 Å². The summed E-state index contributed by atoms with van der Waals surface area (Å²) < 4.78 is 38.5. The number of alkyl halides is 3. The number of benzene rings is 1. The van der Waals surface area contributed by atoms with Gasteiger partial charge in [0.1, 0.15) is 0 Å². The van der Waals surface area contributed by atoms with E-state index in [-0.39, 0.29) is 43.7 Å². The Hall–Kier alpha value is -1.80. The van der Waals surface area contributed by atoms with Crippen molar-refractivity contribution in [1.82, 2.24) is 10.2 Å². The normalized spacial score (nSPS) is 21.8. The molecule has 1 aromatic rings. The van der Waals surface area contributed by atoms with Crippen LogP contribution >= 0.6 is 12.4 Å². The van der Waals surface area contributed by atoms with Crippen LogP contribution in [0.1, 0.15) is 37.3 Å². The maximum Gasteiger partial charge on any atom is 0.416 e. The van der Waals surface area contributed by atoms with Crippen LogP contribution in [-0.2, 0) is 22.3 Å². The van der Waals surface area contributed by atoms with E-state index in [0.717, 1.165) is 25.0 Å². The SMILES string of the molecule is CC(CN)(NC(=O)C1CC(=O)N(Cc2cccc(C(F)(F)F)c2)C1)C1CC1.Cl. The Morgan fingerprint density at radius 2 is 2.00 bits per heavy atom. The maximum atomic E-state index is 12.8. The van der Waals surface area contributed by atoms with Gasteiger partial charge in [0.05, 0.1) is 17.0 Å².